The minimum Gasteiger partial charge on any atom is -0.508 e. The van der Waals surface area contributed by atoms with E-state index in [1.165, 1.54) is 0 Å². The van der Waals surface area contributed by atoms with Crippen LogP contribution in [-0.2, 0) is 6.42 Å². The number of benzene rings is 3. The van der Waals surface area contributed by atoms with Gasteiger partial charge in [0.1, 0.15) is 5.75 Å². The summed E-state index contributed by atoms with van der Waals surface area (Å²) in [6.07, 6.45) is 2.40. The van der Waals surface area contributed by atoms with E-state index in [1.54, 1.807) is 30.5 Å². The maximum absolute atomic E-state index is 12.6. The summed E-state index contributed by atoms with van der Waals surface area (Å²) in [6.45, 7) is 0.490. The first-order valence-electron chi connectivity index (χ1n) is 9.47. The highest BCUT2D eigenvalue weighted by Crippen LogP contribution is 2.22. The molecule has 0 unspecified atom stereocenters. The van der Waals surface area contributed by atoms with E-state index in [0.717, 1.165) is 22.5 Å². The first-order valence-corrected chi connectivity index (χ1v) is 9.47. The van der Waals surface area contributed by atoms with Crippen molar-refractivity contribution in [3.8, 4) is 22.7 Å². The van der Waals surface area contributed by atoms with E-state index in [9.17, 15) is 9.90 Å². The molecule has 5 heteroatoms. The zero-order chi connectivity index (χ0) is 20.1. The fraction of sp³-hybridized carbons (Fsp3) is 0.0833. The van der Waals surface area contributed by atoms with Crippen LogP contribution >= 0.6 is 0 Å². The van der Waals surface area contributed by atoms with E-state index in [1.807, 2.05) is 65.3 Å². The Hall–Kier alpha value is -3.86. The van der Waals surface area contributed by atoms with Crippen molar-refractivity contribution in [1.29, 1.82) is 0 Å². The third-order valence-electron chi connectivity index (χ3n) is 4.67. The first-order chi connectivity index (χ1) is 14.2. The number of hydrogen-bond donors (Lipinski definition) is 2. The van der Waals surface area contributed by atoms with Gasteiger partial charge in [-0.1, -0.05) is 48.5 Å². The topological polar surface area (TPSA) is 67.2 Å². The van der Waals surface area contributed by atoms with Gasteiger partial charge in [0, 0.05) is 17.7 Å². The van der Waals surface area contributed by atoms with Crippen molar-refractivity contribution in [1.82, 2.24) is 15.1 Å². The summed E-state index contributed by atoms with van der Waals surface area (Å²) in [5.74, 6) is 0.0930. The lowest BCUT2D eigenvalue weighted by Crippen LogP contribution is -2.25. The number of amides is 1. The summed E-state index contributed by atoms with van der Waals surface area (Å²) in [6, 6.07) is 26.5. The van der Waals surface area contributed by atoms with E-state index < -0.39 is 0 Å². The lowest BCUT2D eigenvalue weighted by atomic mass is 10.1. The van der Waals surface area contributed by atoms with Gasteiger partial charge in [0.25, 0.3) is 5.91 Å². The largest absolute Gasteiger partial charge is 0.508 e. The Kier molecular flexibility index (Phi) is 5.38. The first kappa shape index (κ1) is 18.5. The maximum atomic E-state index is 12.6. The molecule has 2 N–H and O–H groups in total. The van der Waals surface area contributed by atoms with Gasteiger partial charge in [-0.15, -0.1) is 0 Å². The number of phenolic OH excluding ortho intramolecular Hbond substituents is 1. The number of hydrogen-bond acceptors (Lipinski definition) is 3. The molecule has 0 saturated carbocycles. The average molecular weight is 383 g/mol. The number of aromatic nitrogens is 2. The fourth-order valence-electron chi connectivity index (χ4n) is 3.25. The van der Waals surface area contributed by atoms with Crippen molar-refractivity contribution in [3.05, 3.63) is 102 Å². The van der Waals surface area contributed by atoms with Crippen LogP contribution in [0.25, 0.3) is 16.9 Å². The third kappa shape index (κ3) is 4.35. The Morgan fingerprint density at radius 1 is 0.931 bits per heavy atom. The molecule has 0 atom stereocenters. The van der Waals surface area contributed by atoms with Crippen LogP contribution in [0.4, 0.5) is 0 Å². The standard InChI is InChI=1S/C24H21N3O2/c28-22-11-4-6-18(16-22)12-14-25-24(29)20-9-5-10-21(17-20)27-23(13-15-26-27)19-7-2-1-3-8-19/h1-11,13,15-17,28H,12,14H2,(H,25,29). The van der Waals surface area contributed by atoms with Crippen LogP contribution in [-0.4, -0.2) is 27.3 Å². The minimum atomic E-state index is -0.138. The molecule has 0 spiro atoms. The molecule has 1 aromatic heterocycles. The Balaban J connectivity index is 1.48. The van der Waals surface area contributed by atoms with E-state index in [-0.39, 0.29) is 11.7 Å². The summed E-state index contributed by atoms with van der Waals surface area (Å²) in [5, 5.41) is 16.9. The van der Waals surface area contributed by atoms with Crippen LogP contribution in [0.5, 0.6) is 5.75 Å². The highest BCUT2D eigenvalue weighted by Gasteiger charge is 2.10. The van der Waals surface area contributed by atoms with Gasteiger partial charge >= 0.3 is 0 Å². The predicted octanol–water partition coefficient (Wildman–Crippen LogP) is 4.22. The smallest absolute Gasteiger partial charge is 0.251 e. The molecule has 5 nitrogen and oxygen atoms in total. The second-order valence-electron chi connectivity index (χ2n) is 6.72. The SMILES string of the molecule is O=C(NCCc1cccc(O)c1)c1cccc(-n2nccc2-c2ccccc2)c1. The van der Waals surface area contributed by atoms with Gasteiger partial charge in [-0.3, -0.25) is 4.79 Å². The summed E-state index contributed by atoms with van der Waals surface area (Å²) in [5.41, 5.74) is 4.41. The van der Waals surface area contributed by atoms with Gasteiger partial charge in [0.2, 0.25) is 0 Å². The van der Waals surface area contributed by atoms with Gasteiger partial charge in [-0.05, 0) is 48.4 Å². The molecule has 0 radical (unpaired) electrons. The second kappa shape index (κ2) is 8.44. The van der Waals surface area contributed by atoms with Crippen LogP contribution in [0, 0.1) is 0 Å². The van der Waals surface area contributed by atoms with E-state index in [0.29, 0.717) is 18.5 Å². The van der Waals surface area contributed by atoms with Crippen LogP contribution in [0.2, 0.25) is 0 Å². The molecule has 0 aliphatic carbocycles. The number of carbonyl (C=O) groups excluding carboxylic acids is 1. The van der Waals surface area contributed by atoms with Gasteiger partial charge in [-0.2, -0.15) is 5.10 Å². The number of phenols is 1. The monoisotopic (exact) mass is 383 g/mol. The number of nitrogens with zero attached hydrogens (tertiary/aromatic N) is 2. The maximum Gasteiger partial charge on any atom is 0.251 e. The molecule has 29 heavy (non-hydrogen) atoms. The number of nitrogens with one attached hydrogen (secondary N) is 1. The van der Waals surface area contributed by atoms with E-state index in [2.05, 4.69) is 10.4 Å². The Morgan fingerprint density at radius 2 is 1.76 bits per heavy atom. The van der Waals surface area contributed by atoms with Crippen LogP contribution in [0.15, 0.2) is 91.1 Å². The van der Waals surface area contributed by atoms with Crippen molar-refractivity contribution in [2.24, 2.45) is 0 Å². The van der Waals surface area contributed by atoms with Gasteiger partial charge in [-0.25, -0.2) is 4.68 Å². The van der Waals surface area contributed by atoms with Gasteiger partial charge in [0.05, 0.1) is 17.6 Å². The quantitative estimate of drug-likeness (QED) is 0.524. The van der Waals surface area contributed by atoms with Crippen LogP contribution < -0.4 is 5.32 Å². The highest BCUT2D eigenvalue weighted by atomic mass is 16.3. The molecule has 0 aliphatic rings. The molecule has 1 heterocycles. The number of rotatable bonds is 6. The van der Waals surface area contributed by atoms with Crippen molar-refractivity contribution in [2.75, 3.05) is 6.54 Å². The summed E-state index contributed by atoms with van der Waals surface area (Å²) in [4.78, 5) is 12.6. The molecule has 0 fully saturated rings. The number of carbonyl (C=O) groups is 1. The van der Waals surface area contributed by atoms with E-state index >= 15 is 0 Å². The molecular formula is C24H21N3O2. The highest BCUT2D eigenvalue weighted by molar-refractivity contribution is 5.94. The zero-order valence-electron chi connectivity index (χ0n) is 15.8. The number of aromatic hydroxyl groups is 1. The lowest BCUT2D eigenvalue weighted by Gasteiger charge is -2.10. The third-order valence-corrected chi connectivity index (χ3v) is 4.67. The zero-order valence-corrected chi connectivity index (χ0v) is 15.8. The Bertz CT molecular complexity index is 1120. The van der Waals surface area contributed by atoms with Crippen molar-refractivity contribution in [2.45, 2.75) is 6.42 Å². The van der Waals surface area contributed by atoms with Crippen molar-refractivity contribution in [3.63, 3.8) is 0 Å². The molecule has 4 aromatic rings. The molecular weight excluding hydrogens is 362 g/mol. The molecule has 144 valence electrons. The van der Waals surface area contributed by atoms with Crippen LogP contribution in [0.1, 0.15) is 15.9 Å². The fourth-order valence-corrected chi connectivity index (χ4v) is 3.25. The normalized spacial score (nSPS) is 10.6. The Morgan fingerprint density at radius 3 is 2.59 bits per heavy atom. The summed E-state index contributed by atoms with van der Waals surface area (Å²) in [7, 11) is 0. The molecule has 4 rings (SSSR count). The van der Waals surface area contributed by atoms with Crippen molar-refractivity contribution >= 4 is 5.91 Å². The van der Waals surface area contributed by atoms with Gasteiger partial charge < -0.3 is 10.4 Å². The molecule has 0 aliphatic heterocycles. The van der Waals surface area contributed by atoms with Crippen molar-refractivity contribution < 1.29 is 9.90 Å². The van der Waals surface area contributed by atoms with Crippen LogP contribution in [0.3, 0.4) is 0 Å². The van der Waals surface area contributed by atoms with Gasteiger partial charge in [0.15, 0.2) is 0 Å². The lowest BCUT2D eigenvalue weighted by molar-refractivity contribution is 0.0954. The summed E-state index contributed by atoms with van der Waals surface area (Å²) < 4.78 is 1.83. The minimum absolute atomic E-state index is 0.138. The predicted molar refractivity (Wildman–Crippen MR) is 113 cm³/mol. The summed E-state index contributed by atoms with van der Waals surface area (Å²) >= 11 is 0. The second-order valence-corrected chi connectivity index (χ2v) is 6.72. The van der Waals surface area contributed by atoms with E-state index in [4.69, 9.17) is 0 Å². The average Bonchev–Trinajstić information content (AvgIpc) is 3.24. The molecule has 3 aromatic carbocycles. The molecule has 0 bridgehead atoms. The Labute approximate surface area is 169 Å². The molecule has 0 saturated heterocycles. The molecule has 1 amide bonds.